The van der Waals surface area contributed by atoms with Crippen molar-refractivity contribution < 1.29 is 14.1 Å². The molecule has 1 aromatic heterocycles. The first-order chi connectivity index (χ1) is 11.8. The second kappa shape index (κ2) is 9.39. The van der Waals surface area contributed by atoms with Crippen molar-refractivity contribution in [1.82, 2.24) is 20.4 Å². The van der Waals surface area contributed by atoms with Gasteiger partial charge in [-0.1, -0.05) is 5.16 Å². The zero-order chi connectivity index (χ0) is 16.8. The zero-order valence-corrected chi connectivity index (χ0v) is 15.1. The lowest BCUT2D eigenvalue weighted by Gasteiger charge is -2.27. The number of aryl methyl sites for hydroxylation is 1. The fraction of sp³-hybridized carbons (Fsp3) is 0.471. The third-order valence-corrected chi connectivity index (χ3v) is 4.07. The molecule has 1 aliphatic heterocycles. The molecule has 0 atom stereocenters. The highest BCUT2D eigenvalue weighted by atomic mass is 35.5. The standard InChI is InChI=1S/C17H22N4O3.ClH/c1-23-14-7-5-13(6-8-14)17-19-15(24-20-17)3-2-4-16(22)21-11-9-18-10-12-21;/h5-8,18H,2-4,9-12H2,1H3;1H. The molecule has 1 fully saturated rings. The number of amides is 1. The van der Waals surface area contributed by atoms with E-state index in [1.807, 2.05) is 29.2 Å². The van der Waals surface area contributed by atoms with Crippen LogP contribution >= 0.6 is 12.4 Å². The fourth-order valence-electron chi connectivity index (χ4n) is 2.68. The van der Waals surface area contributed by atoms with E-state index in [1.54, 1.807) is 7.11 Å². The molecule has 0 spiro atoms. The van der Waals surface area contributed by atoms with Crippen molar-refractivity contribution in [2.75, 3.05) is 33.3 Å². The number of benzene rings is 1. The molecular formula is C17H23ClN4O3. The Labute approximate surface area is 153 Å². The summed E-state index contributed by atoms with van der Waals surface area (Å²) in [7, 11) is 1.63. The van der Waals surface area contributed by atoms with Crippen molar-refractivity contribution in [2.45, 2.75) is 19.3 Å². The Morgan fingerprint density at radius 3 is 2.68 bits per heavy atom. The first kappa shape index (κ1) is 19.2. The number of nitrogens with zero attached hydrogens (tertiary/aromatic N) is 3. The third-order valence-electron chi connectivity index (χ3n) is 4.07. The highest BCUT2D eigenvalue weighted by molar-refractivity contribution is 5.85. The number of carbonyl (C=O) groups excluding carboxylic acids is 1. The number of nitrogens with one attached hydrogen (secondary N) is 1. The number of piperazine rings is 1. The largest absolute Gasteiger partial charge is 0.497 e. The Morgan fingerprint density at radius 2 is 2.00 bits per heavy atom. The summed E-state index contributed by atoms with van der Waals surface area (Å²) in [5.74, 6) is 2.11. The molecule has 0 unspecified atom stereocenters. The maximum absolute atomic E-state index is 12.1. The summed E-state index contributed by atoms with van der Waals surface area (Å²) in [5.41, 5.74) is 0.877. The predicted octanol–water partition coefficient (Wildman–Crippen LogP) is 1.92. The molecule has 0 bridgehead atoms. The number of hydrogen-bond donors (Lipinski definition) is 1. The Hall–Kier alpha value is -2.12. The zero-order valence-electron chi connectivity index (χ0n) is 14.2. The maximum atomic E-state index is 12.1. The predicted molar refractivity (Wildman–Crippen MR) is 95.9 cm³/mol. The SMILES string of the molecule is COc1ccc(-c2noc(CCCC(=O)N3CCNCC3)n2)cc1.Cl. The van der Waals surface area contributed by atoms with Gasteiger partial charge in [0.2, 0.25) is 17.6 Å². The van der Waals surface area contributed by atoms with E-state index in [1.165, 1.54) is 0 Å². The number of hydrogen-bond acceptors (Lipinski definition) is 6. The number of aromatic nitrogens is 2. The molecule has 2 heterocycles. The summed E-state index contributed by atoms with van der Waals surface area (Å²) in [6.07, 6.45) is 1.84. The topological polar surface area (TPSA) is 80.5 Å². The Morgan fingerprint density at radius 1 is 1.28 bits per heavy atom. The molecule has 25 heavy (non-hydrogen) atoms. The molecule has 1 N–H and O–H groups in total. The molecule has 7 nitrogen and oxygen atoms in total. The van der Waals surface area contributed by atoms with Crippen molar-refractivity contribution >= 4 is 18.3 Å². The number of carbonyl (C=O) groups is 1. The van der Waals surface area contributed by atoms with Crippen molar-refractivity contribution in [1.29, 1.82) is 0 Å². The lowest BCUT2D eigenvalue weighted by molar-refractivity contribution is -0.131. The molecule has 136 valence electrons. The molecule has 1 aliphatic rings. The molecule has 8 heteroatoms. The van der Waals surface area contributed by atoms with E-state index in [9.17, 15) is 4.79 Å². The van der Waals surface area contributed by atoms with E-state index in [0.717, 1.165) is 37.5 Å². The second-order valence-corrected chi connectivity index (χ2v) is 5.72. The van der Waals surface area contributed by atoms with Crippen LogP contribution < -0.4 is 10.1 Å². The van der Waals surface area contributed by atoms with Crippen LogP contribution in [0, 0.1) is 0 Å². The number of halogens is 1. The molecule has 3 rings (SSSR count). The van der Waals surface area contributed by atoms with Gasteiger partial charge in [0.05, 0.1) is 7.11 Å². The Bertz CT molecular complexity index is 669. The smallest absolute Gasteiger partial charge is 0.226 e. The molecular weight excluding hydrogens is 344 g/mol. The summed E-state index contributed by atoms with van der Waals surface area (Å²) in [6.45, 7) is 3.34. The summed E-state index contributed by atoms with van der Waals surface area (Å²) in [6, 6.07) is 7.50. The third kappa shape index (κ3) is 5.17. The van der Waals surface area contributed by atoms with Crippen LogP contribution in [0.25, 0.3) is 11.4 Å². The van der Waals surface area contributed by atoms with Gasteiger partial charge in [-0.25, -0.2) is 0 Å². The molecule has 2 aromatic rings. The van der Waals surface area contributed by atoms with Gasteiger partial charge < -0.3 is 19.5 Å². The van der Waals surface area contributed by atoms with Gasteiger partial charge in [0, 0.05) is 44.6 Å². The normalized spacial score (nSPS) is 14.0. The summed E-state index contributed by atoms with van der Waals surface area (Å²) in [5, 5.41) is 7.24. The Balaban J connectivity index is 0.00000225. The van der Waals surface area contributed by atoms with E-state index in [0.29, 0.717) is 31.0 Å². The fourth-order valence-corrected chi connectivity index (χ4v) is 2.68. The lowest BCUT2D eigenvalue weighted by atomic mass is 10.2. The van der Waals surface area contributed by atoms with Crippen LogP contribution in [0.2, 0.25) is 0 Å². The van der Waals surface area contributed by atoms with E-state index in [-0.39, 0.29) is 18.3 Å². The van der Waals surface area contributed by atoms with E-state index >= 15 is 0 Å². The van der Waals surface area contributed by atoms with E-state index in [4.69, 9.17) is 9.26 Å². The van der Waals surface area contributed by atoms with Gasteiger partial charge in [-0.3, -0.25) is 4.79 Å². The van der Waals surface area contributed by atoms with Crippen molar-refractivity contribution in [3.8, 4) is 17.1 Å². The van der Waals surface area contributed by atoms with Crippen LogP contribution in [-0.4, -0.2) is 54.2 Å². The minimum absolute atomic E-state index is 0. The maximum Gasteiger partial charge on any atom is 0.226 e. The minimum atomic E-state index is 0. The first-order valence-corrected chi connectivity index (χ1v) is 8.22. The molecule has 0 saturated carbocycles. The van der Waals surface area contributed by atoms with Crippen molar-refractivity contribution in [3.63, 3.8) is 0 Å². The Kier molecular flexibility index (Phi) is 7.21. The van der Waals surface area contributed by atoms with Crippen molar-refractivity contribution in [2.24, 2.45) is 0 Å². The van der Waals surface area contributed by atoms with Gasteiger partial charge in [-0.05, 0) is 30.7 Å². The van der Waals surface area contributed by atoms with Crippen LogP contribution in [-0.2, 0) is 11.2 Å². The first-order valence-electron chi connectivity index (χ1n) is 8.22. The number of ether oxygens (including phenoxy) is 1. The van der Waals surface area contributed by atoms with Crippen LogP contribution in [0.15, 0.2) is 28.8 Å². The van der Waals surface area contributed by atoms with Gasteiger partial charge in [0.15, 0.2) is 0 Å². The average Bonchev–Trinajstić information content (AvgIpc) is 3.11. The second-order valence-electron chi connectivity index (χ2n) is 5.72. The minimum Gasteiger partial charge on any atom is -0.497 e. The average molecular weight is 367 g/mol. The van der Waals surface area contributed by atoms with Crippen LogP contribution in [0.5, 0.6) is 5.75 Å². The quantitative estimate of drug-likeness (QED) is 0.841. The summed E-state index contributed by atoms with van der Waals surface area (Å²) < 4.78 is 10.4. The molecule has 1 aromatic carbocycles. The van der Waals surface area contributed by atoms with Crippen molar-refractivity contribution in [3.05, 3.63) is 30.2 Å². The number of methoxy groups -OCH3 is 1. The van der Waals surface area contributed by atoms with Crippen LogP contribution in [0.3, 0.4) is 0 Å². The summed E-state index contributed by atoms with van der Waals surface area (Å²) >= 11 is 0. The van der Waals surface area contributed by atoms with Crippen LogP contribution in [0.4, 0.5) is 0 Å². The summed E-state index contributed by atoms with van der Waals surface area (Å²) in [4.78, 5) is 18.4. The van der Waals surface area contributed by atoms with Gasteiger partial charge in [0.25, 0.3) is 0 Å². The highest BCUT2D eigenvalue weighted by Gasteiger charge is 2.16. The van der Waals surface area contributed by atoms with Gasteiger partial charge in [-0.15, -0.1) is 12.4 Å². The molecule has 1 amide bonds. The van der Waals surface area contributed by atoms with Crippen LogP contribution in [0.1, 0.15) is 18.7 Å². The van der Waals surface area contributed by atoms with Gasteiger partial charge in [-0.2, -0.15) is 4.98 Å². The van der Waals surface area contributed by atoms with E-state index < -0.39 is 0 Å². The number of rotatable bonds is 6. The molecule has 0 radical (unpaired) electrons. The van der Waals surface area contributed by atoms with Gasteiger partial charge in [0.1, 0.15) is 5.75 Å². The highest BCUT2D eigenvalue weighted by Crippen LogP contribution is 2.20. The van der Waals surface area contributed by atoms with Gasteiger partial charge >= 0.3 is 0 Å². The molecule has 0 aliphatic carbocycles. The lowest BCUT2D eigenvalue weighted by Crippen LogP contribution is -2.46. The van der Waals surface area contributed by atoms with E-state index in [2.05, 4.69) is 15.5 Å². The monoisotopic (exact) mass is 366 g/mol. The molecule has 1 saturated heterocycles.